The number of hydrogen-bond donors (Lipinski definition) is 0. The molecule has 1 aliphatic heterocycles. The fourth-order valence-corrected chi connectivity index (χ4v) is 12.0. The van der Waals surface area contributed by atoms with Gasteiger partial charge in [-0.1, -0.05) is 157 Å². The largest absolute Gasteiger partial charge is 0.328 e. The van der Waals surface area contributed by atoms with Crippen LogP contribution < -0.4 is 19.6 Å². The van der Waals surface area contributed by atoms with Crippen LogP contribution in [0.3, 0.4) is 0 Å². The van der Waals surface area contributed by atoms with E-state index >= 15 is 0 Å². The van der Waals surface area contributed by atoms with Gasteiger partial charge >= 0.3 is 0 Å². The maximum atomic E-state index is 2.48. The van der Waals surface area contributed by atoms with E-state index in [1.807, 2.05) is 11.8 Å². The van der Waals surface area contributed by atoms with Gasteiger partial charge in [0.25, 0.3) is 0 Å². The molecule has 1 unspecified atom stereocenters. The Kier molecular flexibility index (Phi) is 11.5. The van der Waals surface area contributed by atoms with Crippen molar-refractivity contribution in [3.05, 3.63) is 272 Å². The third-order valence-electron chi connectivity index (χ3n) is 12.7. The Labute approximate surface area is 411 Å². The Morgan fingerprint density at radius 1 is 0.348 bits per heavy atom. The highest BCUT2D eigenvalue weighted by Gasteiger charge is 2.31. The van der Waals surface area contributed by atoms with Gasteiger partial charge in [-0.3, -0.25) is 0 Å². The zero-order chi connectivity index (χ0) is 45.9. The van der Waals surface area contributed by atoms with Crippen molar-refractivity contribution in [2.24, 2.45) is 0 Å². The van der Waals surface area contributed by atoms with E-state index in [0.717, 1.165) is 67.3 Å². The van der Waals surface area contributed by atoms with Crippen molar-refractivity contribution < 1.29 is 0 Å². The van der Waals surface area contributed by atoms with Crippen molar-refractivity contribution in [1.29, 1.82) is 0 Å². The van der Waals surface area contributed by atoms with E-state index < -0.39 is 0 Å². The maximum absolute atomic E-state index is 2.48. The van der Waals surface area contributed by atoms with Crippen LogP contribution in [-0.2, 0) is 0 Å². The van der Waals surface area contributed by atoms with E-state index in [1.165, 1.54) is 27.2 Å². The normalized spacial score (nSPS) is 13.3. The lowest BCUT2D eigenvalue weighted by atomic mass is 10.1. The first-order valence-electron chi connectivity index (χ1n) is 23.4. The highest BCUT2D eigenvalue weighted by molar-refractivity contribution is 8.04. The van der Waals surface area contributed by atoms with Crippen molar-refractivity contribution >= 4 is 100 Å². The first kappa shape index (κ1) is 42.1. The summed E-state index contributed by atoms with van der Waals surface area (Å²) in [5, 5.41) is 5.99. The summed E-state index contributed by atoms with van der Waals surface area (Å²) in [6.07, 6.45) is 3.31. The van der Waals surface area contributed by atoms with E-state index in [4.69, 9.17) is 0 Å². The van der Waals surface area contributed by atoms with Gasteiger partial charge in [-0.15, -0.1) is 0 Å². The van der Waals surface area contributed by atoms with Crippen LogP contribution in [0, 0.1) is 0 Å². The number of thioether (sulfide) groups is 1. The van der Waals surface area contributed by atoms with Crippen molar-refractivity contribution in [3.63, 3.8) is 0 Å². The summed E-state index contributed by atoms with van der Waals surface area (Å²) in [7, 11) is 0. The van der Waals surface area contributed by atoms with E-state index in [-0.39, 0.29) is 5.37 Å². The predicted octanol–water partition coefficient (Wildman–Crippen LogP) is 18.1. The van der Waals surface area contributed by atoms with Crippen LogP contribution in [0.15, 0.2) is 272 Å². The van der Waals surface area contributed by atoms with Gasteiger partial charge in [0.15, 0.2) is 0 Å². The topological polar surface area (TPSA) is 17.9 Å². The summed E-state index contributed by atoms with van der Waals surface area (Å²) in [5.41, 5.74) is 12.4. The molecule has 0 aliphatic carbocycles. The standard InChI is InChI=1S/C62H47N5S2/c1-8-22-46(23-9-1)63(47-24-10-2-11-25-47)59-40-42-61(68-59)65(50-30-16-5-17-31-50)53-36-38-57-55(44-53)56-45-54(37-39-58(56)67(57)52-34-20-7-21-35-52)66(51-32-18-6-19-33-51)62-43-41-60(69-62)64(48-26-12-3-13-27-48)49-28-14-4-15-29-49/h1-40,42-45,60H,41H2. The molecular weight excluding hydrogens is 879 g/mol. The molecule has 9 aromatic carbocycles. The van der Waals surface area contributed by atoms with Gasteiger partial charge in [0.2, 0.25) is 0 Å². The minimum absolute atomic E-state index is 0.163. The van der Waals surface area contributed by atoms with Crippen LogP contribution in [0.2, 0.25) is 0 Å². The molecule has 12 rings (SSSR count). The van der Waals surface area contributed by atoms with Gasteiger partial charge in [0.05, 0.1) is 21.4 Å². The molecule has 332 valence electrons. The predicted molar refractivity (Wildman–Crippen MR) is 296 cm³/mol. The highest BCUT2D eigenvalue weighted by Crippen LogP contribution is 2.49. The molecule has 0 saturated heterocycles. The molecule has 7 heteroatoms. The zero-order valence-electron chi connectivity index (χ0n) is 37.7. The van der Waals surface area contributed by atoms with Crippen LogP contribution >= 0.6 is 23.1 Å². The van der Waals surface area contributed by atoms with Crippen LogP contribution in [0.25, 0.3) is 27.5 Å². The molecule has 5 nitrogen and oxygen atoms in total. The molecule has 3 heterocycles. The Morgan fingerprint density at radius 3 is 1.14 bits per heavy atom. The summed E-state index contributed by atoms with van der Waals surface area (Å²) in [6, 6.07) is 93.6. The van der Waals surface area contributed by atoms with Gasteiger partial charge in [0.1, 0.15) is 10.0 Å². The third-order valence-corrected chi connectivity index (χ3v) is 15.0. The fraction of sp³-hybridized carbons (Fsp3) is 0.0323. The first-order chi connectivity index (χ1) is 34.2. The highest BCUT2D eigenvalue weighted by atomic mass is 32.2. The Bertz CT molecular complexity index is 3430. The minimum Gasteiger partial charge on any atom is -0.328 e. The van der Waals surface area contributed by atoms with Gasteiger partial charge in [-0.05, 0) is 140 Å². The number of anilines is 10. The Balaban J connectivity index is 0.992. The van der Waals surface area contributed by atoms with Crippen molar-refractivity contribution in [2.45, 2.75) is 11.8 Å². The molecule has 69 heavy (non-hydrogen) atoms. The molecule has 0 spiro atoms. The van der Waals surface area contributed by atoms with Crippen LogP contribution in [0.1, 0.15) is 6.42 Å². The first-order valence-corrected chi connectivity index (χ1v) is 25.0. The second kappa shape index (κ2) is 18.8. The summed E-state index contributed by atoms with van der Waals surface area (Å²) in [6.45, 7) is 0. The summed E-state index contributed by atoms with van der Waals surface area (Å²) in [4.78, 5) is 9.67. The van der Waals surface area contributed by atoms with E-state index in [2.05, 4.69) is 291 Å². The molecule has 0 saturated carbocycles. The van der Waals surface area contributed by atoms with Gasteiger partial charge in [0, 0.05) is 62.0 Å². The lowest BCUT2D eigenvalue weighted by Gasteiger charge is -2.32. The second-order valence-corrected chi connectivity index (χ2v) is 19.2. The third kappa shape index (κ3) is 8.22. The molecule has 0 radical (unpaired) electrons. The van der Waals surface area contributed by atoms with Crippen molar-refractivity contribution in [1.82, 2.24) is 4.57 Å². The van der Waals surface area contributed by atoms with Crippen LogP contribution in [0.4, 0.5) is 55.5 Å². The molecule has 0 amide bonds. The number of hydrogen-bond acceptors (Lipinski definition) is 6. The van der Waals surface area contributed by atoms with E-state index in [0.29, 0.717) is 0 Å². The van der Waals surface area contributed by atoms with Crippen LogP contribution in [0.5, 0.6) is 0 Å². The summed E-state index contributed by atoms with van der Waals surface area (Å²) >= 11 is 3.70. The number of aromatic nitrogens is 1. The number of rotatable bonds is 13. The number of thiophene rings is 1. The van der Waals surface area contributed by atoms with Gasteiger partial charge < -0.3 is 24.2 Å². The summed E-state index contributed by atoms with van der Waals surface area (Å²) in [5.74, 6) is 0. The number of para-hydroxylation sites is 7. The van der Waals surface area contributed by atoms with Crippen LogP contribution in [-0.4, -0.2) is 9.94 Å². The molecular formula is C62H47N5S2. The second-order valence-electron chi connectivity index (χ2n) is 16.9. The fourth-order valence-electron chi connectivity index (χ4n) is 9.61. The SMILES string of the molecule is C1=C(N(c2ccccc2)c2ccc3c(c2)c2cc(N(c4ccccc4)c4ccc(N(c5ccccc5)c5ccccc5)s4)ccc2n3-c2ccccc2)SC(N(c2ccccc2)c2ccccc2)C1. The number of fused-ring (bicyclic) bond motifs is 3. The molecule has 11 aromatic rings. The van der Waals surface area contributed by atoms with Gasteiger partial charge in [-0.2, -0.15) is 0 Å². The Morgan fingerprint density at radius 2 is 0.710 bits per heavy atom. The molecule has 1 aliphatic rings. The molecule has 0 bridgehead atoms. The quantitative estimate of drug-likeness (QED) is 0.114. The average molecular weight is 926 g/mol. The maximum Gasteiger partial charge on any atom is 0.102 e. The van der Waals surface area contributed by atoms with E-state index in [1.54, 1.807) is 11.3 Å². The zero-order valence-corrected chi connectivity index (χ0v) is 39.4. The minimum atomic E-state index is 0.163. The average Bonchev–Trinajstić information content (AvgIpc) is 4.17. The monoisotopic (exact) mass is 925 g/mol. The smallest absolute Gasteiger partial charge is 0.102 e. The molecule has 1 atom stereocenters. The Hall–Kier alpha value is -8.23. The summed E-state index contributed by atoms with van der Waals surface area (Å²) < 4.78 is 2.41. The number of benzene rings is 9. The lowest BCUT2D eigenvalue weighted by Crippen LogP contribution is -2.27. The van der Waals surface area contributed by atoms with Gasteiger partial charge in [-0.25, -0.2) is 0 Å². The number of nitrogens with zero attached hydrogens (tertiary/aromatic N) is 5. The van der Waals surface area contributed by atoms with Crippen molar-refractivity contribution in [2.75, 3.05) is 19.6 Å². The van der Waals surface area contributed by atoms with E-state index in [9.17, 15) is 0 Å². The van der Waals surface area contributed by atoms with Crippen molar-refractivity contribution in [3.8, 4) is 5.69 Å². The molecule has 2 aromatic heterocycles. The molecule has 0 fully saturated rings. The molecule has 0 N–H and O–H groups in total. The lowest BCUT2D eigenvalue weighted by molar-refractivity contribution is 0.892.